The van der Waals surface area contributed by atoms with Crippen LogP contribution in [0.3, 0.4) is 0 Å². The second-order valence-corrected chi connectivity index (χ2v) is 6.05. The molecule has 0 spiro atoms. The summed E-state index contributed by atoms with van der Waals surface area (Å²) in [7, 11) is 1.60. The topological polar surface area (TPSA) is 65.9 Å². The number of guanidine groups is 1. The molecule has 1 aromatic rings. The largest absolute Gasteiger partial charge is 0.480 e. The second kappa shape index (κ2) is 11.4. The Morgan fingerprint density at radius 1 is 1.44 bits per heavy atom. The fourth-order valence-electron chi connectivity index (χ4n) is 2.41. The van der Waals surface area contributed by atoms with Crippen LogP contribution in [-0.4, -0.2) is 67.2 Å². The Morgan fingerprint density at radius 2 is 2.16 bits per heavy atom. The van der Waals surface area contributed by atoms with E-state index < -0.39 is 0 Å². The quantitative estimate of drug-likeness (QED) is 0.210. The molecule has 9 heteroatoms. The number of aliphatic imine (C=N–C) groups is 1. The maximum absolute atomic E-state index is 5.30. The van der Waals surface area contributed by atoms with E-state index in [1.807, 2.05) is 0 Å². The first kappa shape index (κ1) is 21.8. The van der Waals surface area contributed by atoms with Crippen molar-refractivity contribution in [3.63, 3.8) is 0 Å². The lowest BCUT2D eigenvalue weighted by Gasteiger charge is -2.36. The number of nitrogens with one attached hydrogen (secondary N) is 1. The molecule has 1 saturated heterocycles. The molecule has 1 aromatic heterocycles. The first-order valence-corrected chi connectivity index (χ1v) is 8.77. The van der Waals surface area contributed by atoms with Crippen LogP contribution in [0.4, 0.5) is 5.95 Å². The van der Waals surface area contributed by atoms with Crippen LogP contribution in [0.15, 0.2) is 15.7 Å². The van der Waals surface area contributed by atoms with Gasteiger partial charge in [-0.1, -0.05) is 0 Å². The van der Waals surface area contributed by atoms with Crippen LogP contribution in [0.1, 0.15) is 13.3 Å². The molecule has 0 bridgehead atoms. The number of rotatable bonds is 5. The summed E-state index contributed by atoms with van der Waals surface area (Å²) in [6.45, 7) is 6.89. The number of hydrogen-bond acceptors (Lipinski definition) is 5. The van der Waals surface area contributed by atoms with Gasteiger partial charge in [0.05, 0.1) is 24.3 Å². The number of anilines is 1. The summed E-state index contributed by atoms with van der Waals surface area (Å²) >= 11 is 3.38. The standard InChI is InChI=1S/C16H23BrN6O.HI/c1-4-6-7-19-15(18-5-2)22-8-10-23(11-9-22)16-20-12-13(17)14(21-16)24-3;/h1,12H,5-11H2,2-3H3,(H,18,19);1H. The van der Waals surface area contributed by atoms with Crippen molar-refractivity contribution >= 4 is 51.8 Å². The Bertz CT molecular complexity index is 613. The van der Waals surface area contributed by atoms with Crippen molar-refractivity contribution < 1.29 is 4.74 Å². The van der Waals surface area contributed by atoms with Gasteiger partial charge in [0.15, 0.2) is 5.96 Å². The minimum absolute atomic E-state index is 0. The molecule has 0 amide bonds. The van der Waals surface area contributed by atoms with Gasteiger partial charge in [-0.3, -0.25) is 4.99 Å². The van der Waals surface area contributed by atoms with Gasteiger partial charge in [0.25, 0.3) is 0 Å². The molecule has 1 N–H and O–H groups in total. The predicted molar refractivity (Wildman–Crippen MR) is 115 cm³/mol. The Balaban J connectivity index is 0.00000312. The van der Waals surface area contributed by atoms with E-state index in [-0.39, 0.29) is 24.0 Å². The Hall–Kier alpha value is -1.28. The van der Waals surface area contributed by atoms with Crippen molar-refractivity contribution in [2.75, 3.05) is 51.3 Å². The summed E-state index contributed by atoms with van der Waals surface area (Å²) in [6, 6.07) is 0. The number of aromatic nitrogens is 2. The zero-order chi connectivity index (χ0) is 17.4. The van der Waals surface area contributed by atoms with Gasteiger partial charge < -0.3 is 19.9 Å². The molecule has 0 aliphatic carbocycles. The highest BCUT2D eigenvalue weighted by Gasteiger charge is 2.22. The summed E-state index contributed by atoms with van der Waals surface area (Å²) in [5, 5.41) is 3.32. The molecule has 0 atom stereocenters. The van der Waals surface area contributed by atoms with Gasteiger partial charge in [-0.2, -0.15) is 4.98 Å². The second-order valence-electron chi connectivity index (χ2n) is 5.19. The van der Waals surface area contributed by atoms with Crippen LogP contribution in [0, 0.1) is 12.3 Å². The fraction of sp³-hybridized carbons (Fsp3) is 0.562. The highest BCUT2D eigenvalue weighted by Crippen LogP contribution is 2.23. The molecule has 0 radical (unpaired) electrons. The monoisotopic (exact) mass is 522 g/mol. The fourth-order valence-corrected chi connectivity index (χ4v) is 2.76. The summed E-state index contributed by atoms with van der Waals surface area (Å²) in [6.07, 6.45) is 7.67. The maximum atomic E-state index is 5.30. The molecule has 0 unspecified atom stereocenters. The number of ether oxygens (including phenoxy) is 1. The third-order valence-corrected chi connectivity index (χ3v) is 4.15. The van der Waals surface area contributed by atoms with Crippen LogP contribution in [0.5, 0.6) is 5.88 Å². The molecule has 2 heterocycles. The van der Waals surface area contributed by atoms with Crippen LogP contribution < -0.4 is 15.0 Å². The lowest BCUT2D eigenvalue weighted by molar-refractivity contribution is 0.366. The number of nitrogens with zero attached hydrogens (tertiary/aromatic N) is 5. The minimum Gasteiger partial charge on any atom is -0.480 e. The number of terminal acetylenes is 1. The van der Waals surface area contributed by atoms with Gasteiger partial charge in [0, 0.05) is 39.1 Å². The van der Waals surface area contributed by atoms with Crippen LogP contribution in [0.2, 0.25) is 0 Å². The lowest BCUT2D eigenvalue weighted by Crippen LogP contribution is -2.53. The lowest BCUT2D eigenvalue weighted by atomic mass is 10.3. The van der Waals surface area contributed by atoms with Crippen LogP contribution in [-0.2, 0) is 0 Å². The maximum Gasteiger partial charge on any atom is 0.232 e. The van der Waals surface area contributed by atoms with Crippen molar-refractivity contribution in [3.05, 3.63) is 10.7 Å². The number of piperazine rings is 1. The zero-order valence-corrected chi connectivity index (χ0v) is 18.5. The van der Waals surface area contributed by atoms with Gasteiger partial charge in [-0.15, -0.1) is 36.3 Å². The normalized spacial score (nSPS) is 14.6. The molecule has 1 fully saturated rings. The van der Waals surface area contributed by atoms with Gasteiger partial charge in [-0.25, -0.2) is 4.98 Å². The Morgan fingerprint density at radius 3 is 2.76 bits per heavy atom. The van der Waals surface area contributed by atoms with Gasteiger partial charge >= 0.3 is 0 Å². The molecule has 25 heavy (non-hydrogen) atoms. The number of methoxy groups -OCH3 is 1. The van der Waals surface area contributed by atoms with E-state index in [0.29, 0.717) is 24.8 Å². The van der Waals surface area contributed by atoms with E-state index in [0.717, 1.165) is 43.2 Å². The molecule has 2 rings (SSSR count). The number of hydrogen-bond donors (Lipinski definition) is 1. The van der Waals surface area contributed by atoms with E-state index in [4.69, 9.17) is 11.2 Å². The highest BCUT2D eigenvalue weighted by molar-refractivity contribution is 14.0. The molecule has 1 aliphatic heterocycles. The SMILES string of the molecule is C#CCCN=C(NCC)N1CCN(c2ncc(Br)c(OC)n2)CC1.I. The zero-order valence-electron chi connectivity index (χ0n) is 14.5. The Labute approximate surface area is 174 Å². The first-order chi connectivity index (χ1) is 11.7. The minimum atomic E-state index is 0. The van der Waals surface area contributed by atoms with E-state index in [9.17, 15) is 0 Å². The van der Waals surface area contributed by atoms with Gasteiger partial charge in [0.1, 0.15) is 0 Å². The average Bonchev–Trinajstić information content (AvgIpc) is 2.62. The Kier molecular flexibility index (Phi) is 9.89. The smallest absolute Gasteiger partial charge is 0.232 e. The van der Waals surface area contributed by atoms with E-state index in [2.05, 4.69) is 58.9 Å². The van der Waals surface area contributed by atoms with Crippen molar-refractivity contribution in [1.82, 2.24) is 20.2 Å². The molecule has 7 nitrogen and oxygen atoms in total. The van der Waals surface area contributed by atoms with E-state index >= 15 is 0 Å². The predicted octanol–water partition coefficient (Wildman–Crippen LogP) is 1.98. The molecule has 0 aromatic carbocycles. The van der Waals surface area contributed by atoms with Gasteiger partial charge in [0.2, 0.25) is 11.8 Å². The number of halogens is 2. The molecule has 138 valence electrons. The van der Waals surface area contributed by atoms with E-state index in [1.165, 1.54) is 0 Å². The van der Waals surface area contributed by atoms with Crippen molar-refractivity contribution in [2.45, 2.75) is 13.3 Å². The summed E-state index contributed by atoms with van der Waals surface area (Å²) < 4.78 is 5.99. The molecule has 1 aliphatic rings. The third kappa shape index (κ3) is 6.18. The van der Waals surface area contributed by atoms with Crippen LogP contribution in [0.25, 0.3) is 0 Å². The summed E-state index contributed by atoms with van der Waals surface area (Å²) in [5.74, 6) is 4.77. The molecular weight excluding hydrogens is 499 g/mol. The van der Waals surface area contributed by atoms with E-state index in [1.54, 1.807) is 13.3 Å². The molecule has 0 saturated carbocycles. The average molecular weight is 523 g/mol. The molecular formula is C16H24BrIN6O. The third-order valence-electron chi connectivity index (χ3n) is 3.61. The van der Waals surface area contributed by atoms with Crippen molar-refractivity contribution in [1.29, 1.82) is 0 Å². The van der Waals surface area contributed by atoms with Crippen molar-refractivity contribution in [3.8, 4) is 18.2 Å². The summed E-state index contributed by atoms with van der Waals surface area (Å²) in [5.41, 5.74) is 0. The van der Waals surface area contributed by atoms with Crippen LogP contribution >= 0.6 is 39.9 Å². The first-order valence-electron chi connectivity index (χ1n) is 7.97. The highest BCUT2D eigenvalue weighted by atomic mass is 127. The van der Waals surface area contributed by atoms with Gasteiger partial charge in [-0.05, 0) is 22.9 Å². The van der Waals surface area contributed by atoms with Crippen molar-refractivity contribution in [2.24, 2.45) is 4.99 Å². The summed E-state index contributed by atoms with van der Waals surface area (Å²) in [4.78, 5) is 17.8.